The maximum absolute atomic E-state index is 12.7. The van der Waals surface area contributed by atoms with Gasteiger partial charge >= 0.3 is 0 Å². The fourth-order valence-corrected chi connectivity index (χ4v) is 3.71. The van der Waals surface area contributed by atoms with Gasteiger partial charge in [0.2, 0.25) is 0 Å². The quantitative estimate of drug-likeness (QED) is 0.677. The third-order valence-corrected chi connectivity index (χ3v) is 5.14. The Bertz CT molecular complexity index is 706. The highest BCUT2D eigenvalue weighted by molar-refractivity contribution is 6.30. The highest BCUT2D eigenvalue weighted by Crippen LogP contribution is 2.37. The Morgan fingerprint density at radius 2 is 1.75 bits per heavy atom. The predicted molar refractivity (Wildman–Crippen MR) is 96.5 cm³/mol. The van der Waals surface area contributed by atoms with Gasteiger partial charge in [0.25, 0.3) is 0 Å². The van der Waals surface area contributed by atoms with Crippen molar-refractivity contribution in [3.63, 3.8) is 0 Å². The average molecular weight is 341 g/mol. The number of halogens is 1. The first-order chi connectivity index (χ1) is 11.6. The molecule has 1 aliphatic rings. The van der Waals surface area contributed by atoms with E-state index in [1.165, 1.54) is 0 Å². The number of carbonyl (C=O) groups excluding carboxylic acids is 2. The van der Waals surface area contributed by atoms with E-state index in [1.807, 2.05) is 54.6 Å². The molecule has 0 unspecified atom stereocenters. The maximum atomic E-state index is 12.7. The lowest BCUT2D eigenvalue weighted by atomic mass is 9.73. The second-order valence-corrected chi connectivity index (χ2v) is 6.91. The molecule has 3 rings (SSSR count). The first-order valence-electron chi connectivity index (χ1n) is 8.51. The zero-order valence-corrected chi connectivity index (χ0v) is 14.3. The first-order valence-corrected chi connectivity index (χ1v) is 8.89. The van der Waals surface area contributed by atoms with E-state index in [-0.39, 0.29) is 17.6 Å². The van der Waals surface area contributed by atoms with Crippen LogP contribution in [0.1, 0.15) is 53.9 Å². The van der Waals surface area contributed by atoms with E-state index < -0.39 is 0 Å². The van der Waals surface area contributed by atoms with Crippen LogP contribution in [0, 0.1) is 5.92 Å². The molecule has 2 aromatic rings. The van der Waals surface area contributed by atoms with Crippen LogP contribution in [0.15, 0.2) is 54.6 Å². The van der Waals surface area contributed by atoms with E-state index in [2.05, 4.69) is 0 Å². The van der Waals surface area contributed by atoms with Crippen LogP contribution in [0.4, 0.5) is 0 Å². The fourth-order valence-electron chi connectivity index (χ4n) is 3.58. The van der Waals surface area contributed by atoms with Gasteiger partial charge in [0.05, 0.1) is 0 Å². The van der Waals surface area contributed by atoms with Crippen molar-refractivity contribution in [2.24, 2.45) is 5.92 Å². The number of rotatable bonds is 5. The summed E-state index contributed by atoms with van der Waals surface area (Å²) in [6.07, 6.45) is 3.89. The molecule has 2 nitrogen and oxygen atoms in total. The van der Waals surface area contributed by atoms with Crippen molar-refractivity contribution in [1.29, 1.82) is 0 Å². The number of ketones is 2. The van der Waals surface area contributed by atoms with Crippen LogP contribution < -0.4 is 0 Å². The monoisotopic (exact) mass is 340 g/mol. The third-order valence-electron chi connectivity index (χ3n) is 4.89. The van der Waals surface area contributed by atoms with Crippen molar-refractivity contribution in [3.05, 3.63) is 70.7 Å². The van der Waals surface area contributed by atoms with E-state index >= 15 is 0 Å². The average Bonchev–Trinajstić information content (AvgIpc) is 2.62. The SMILES string of the molecule is O=C(C[C@@H](c1ccc(Cl)cc1)[C@H]1CCCCC1=O)c1ccccc1. The molecule has 0 aliphatic heterocycles. The lowest BCUT2D eigenvalue weighted by molar-refractivity contribution is -0.125. The summed E-state index contributed by atoms with van der Waals surface area (Å²) in [6, 6.07) is 16.9. The van der Waals surface area contributed by atoms with Gasteiger partial charge in [0.1, 0.15) is 5.78 Å². The van der Waals surface area contributed by atoms with Crippen molar-refractivity contribution < 1.29 is 9.59 Å². The normalized spacial score (nSPS) is 19.0. The van der Waals surface area contributed by atoms with E-state index in [0.29, 0.717) is 29.2 Å². The molecule has 0 bridgehead atoms. The number of benzene rings is 2. The highest BCUT2D eigenvalue weighted by atomic mass is 35.5. The molecule has 0 spiro atoms. The molecule has 0 saturated heterocycles. The molecule has 3 heteroatoms. The molecule has 1 aliphatic carbocycles. The largest absolute Gasteiger partial charge is 0.299 e. The minimum absolute atomic E-state index is 0.0624. The Hall–Kier alpha value is -1.93. The molecule has 0 N–H and O–H groups in total. The summed E-state index contributed by atoms with van der Waals surface area (Å²) in [7, 11) is 0. The van der Waals surface area contributed by atoms with E-state index in [9.17, 15) is 9.59 Å². The maximum Gasteiger partial charge on any atom is 0.163 e. The van der Waals surface area contributed by atoms with Crippen molar-refractivity contribution >= 4 is 23.2 Å². The minimum Gasteiger partial charge on any atom is -0.299 e. The summed E-state index contributed by atoms with van der Waals surface area (Å²) in [5, 5.41) is 0.668. The Balaban J connectivity index is 1.88. The fraction of sp³-hybridized carbons (Fsp3) is 0.333. The summed E-state index contributed by atoms with van der Waals surface area (Å²) in [5.74, 6) is 0.256. The van der Waals surface area contributed by atoms with Gasteiger partial charge in [-0.3, -0.25) is 9.59 Å². The van der Waals surface area contributed by atoms with E-state index in [1.54, 1.807) is 0 Å². The number of Topliss-reactive ketones (excluding diaryl/α,β-unsaturated/α-hetero) is 2. The summed E-state index contributed by atoms with van der Waals surface area (Å²) in [5.41, 5.74) is 1.74. The highest BCUT2D eigenvalue weighted by Gasteiger charge is 2.32. The molecule has 124 valence electrons. The molecule has 0 heterocycles. The van der Waals surface area contributed by atoms with E-state index in [0.717, 1.165) is 24.8 Å². The molecule has 0 aromatic heterocycles. The molecule has 2 atom stereocenters. The molecule has 0 amide bonds. The topological polar surface area (TPSA) is 34.1 Å². The Labute approximate surface area is 147 Å². The number of carbonyl (C=O) groups is 2. The second kappa shape index (κ2) is 7.76. The van der Waals surface area contributed by atoms with Gasteiger partial charge in [-0.1, -0.05) is 60.5 Å². The van der Waals surface area contributed by atoms with Crippen LogP contribution in [0.25, 0.3) is 0 Å². The zero-order chi connectivity index (χ0) is 16.9. The summed E-state index contributed by atoms with van der Waals surface area (Å²) in [4.78, 5) is 25.2. The van der Waals surface area contributed by atoms with E-state index in [4.69, 9.17) is 11.6 Å². The first kappa shape index (κ1) is 16.9. The van der Waals surface area contributed by atoms with Crippen molar-refractivity contribution in [2.75, 3.05) is 0 Å². The van der Waals surface area contributed by atoms with Gasteiger partial charge in [0.15, 0.2) is 5.78 Å². The van der Waals surface area contributed by atoms with Crippen LogP contribution in [0.3, 0.4) is 0 Å². The second-order valence-electron chi connectivity index (χ2n) is 6.47. The Morgan fingerprint density at radius 3 is 2.42 bits per heavy atom. The zero-order valence-electron chi connectivity index (χ0n) is 13.6. The van der Waals surface area contributed by atoms with Crippen molar-refractivity contribution in [2.45, 2.75) is 38.0 Å². The molecule has 1 fully saturated rings. The lowest BCUT2D eigenvalue weighted by Crippen LogP contribution is -2.27. The Kier molecular flexibility index (Phi) is 5.47. The third kappa shape index (κ3) is 3.93. The van der Waals surface area contributed by atoms with Gasteiger partial charge in [-0.05, 0) is 30.5 Å². The summed E-state index contributed by atoms with van der Waals surface area (Å²) in [6.45, 7) is 0. The van der Waals surface area contributed by atoms with Gasteiger partial charge in [-0.15, -0.1) is 0 Å². The van der Waals surface area contributed by atoms with Crippen LogP contribution in [0.5, 0.6) is 0 Å². The van der Waals surface area contributed by atoms with Crippen LogP contribution in [-0.2, 0) is 4.79 Å². The molecule has 24 heavy (non-hydrogen) atoms. The molecule has 0 radical (unpaired) electrons. The molecular formula is C21H21ClO2. The van der Waals surface area contributed by atoms with Crippen LogP contribution >= 0.6 is 11.6 Å². The lowest BCUT2D eigenvalue weighted by Gasteiger charge is -2.29. The summed E-state index contributed by atoms with van der Waals surface area (Å²) >= 11 is 6.00. The van der Waals surface area contributed by atoms with Crippen molar-refractivity contribution in [1.82, 2.24) is 0 Å². The molecule has 1 saturated carbocycles. The smallest absolute Gasteiger partial charge is 0.163 e. The van der Waals surface area contributed by atoms with Gasteiger partial charge in [0, 0.05) is 35.3 Å². The van der Waals surface area contributed by atoms with Gasteiger partial charge < -0.3 is 0 Å². The standard InChI is InChI=1S/C21H21ClO2/c22-17-12-10-15(11-13-17)19(18-8-4-5-9-20(18)23)14-21(24)16-6-2-1-3-7-16/h1-3,6-7,10-13,18-19H,4-5,8-9,14H2/t18-,19+/m1/s1. The van der Waals surface area contributed by atoms with Crippen molar-refractivity contribution in [3.8, 4) is 0 Å². The minimum atomic E-state index is -0.0669. The summed E-state index contributed by atoms with van der Waals surface area (Å²) < 4.78 is 0. The predicted octanol–water partition coefficient (Wildman–Crippen LogP) is 5.46. The molecular weight excluding hydrogens is 320 g/mol. The Morgan fingerprint density at radius 1 is 1.04 bits per heavy atom. The van der Waals surface area contributed by atoms with Gasteiger partial charge in [-0.2, -0.15) is 0 Å². The van der Waals surface area contributed by atoms with Gasteiger partial charge in [-0.25, -0.2) is 0 Å². The number of hydrogen-bond acceptors (Lipinski definition) is 2. The molecule has 2 aromatic carbocycles. The van der Waals surface area contributed by atoms with Crippen LogP contribution in [0.2, 0.25) is 5.02 Å². The van der Waals surface area contributed by atoms with Crippen LogP contribution in [-0.4, -0.2) is 11.6 Å². The number of hydrogen-bond donors (Lipinski definition) is 0.